The number of hydrogen-bond donors (Lipinski definition) is 0. The van der Waals surface area contributed by atoms with E-state index in [0.717, 1.165) is 26.5 Å². The highest BCUT2D eigenvalue weighted by Crippen LogP contribution is 2.33. The van der Waals surface area contributed by atoms with Crippen LogP contribution in [0.15, 0.2) is 41.8 Å². The normalized spacial score (nSPS) is 13.8. The number of carbonyl (C=O) groups is 2. The Bertz CT molecular complexity index is 804. The lowest BCUT2D eigenvalue weighted by atomic mass is 10.1. The van der Waals surface area contributed by atoms with Crippen LogP contribution in [0.1, 0.15) is 0 Å². The third-order valence-electron chi connectivity index (χ3n) is 3.22. The van der Waals surface area contributed by atoms with Crippen LogP contribution in [-0.2, 0) is 19.1 Å². The van der Waals surface area contributed by atoms with E-state index < -0.39 is 52.2 Å². The van der Waals surface area contributed by atoms with Crippen molar-refractivity contribution in [2.45, 2.75) is 0 Å². The fourth-order valence-electron chi connectivity index (χ4n) is 2.11. The van der Waals surface area contributed by atoms with E-state index in [-0.39, 0.29) is 6.07 Å². The average Bonchev–Trinajstić information content (AvgIpc) is 2.82. The van der Waals surface area contributed by atoms with Gasteiger partial charge in [0.1, 0.15) is 11.4 Å². The van der Waals surface area contributed by atoms with E-state index in [9.17, 15) is 27.2 Å². The van der Waals surface area contributed by atoms with E-state index in [1.54, 1.807) is 0 Å². The van der Waals surface area contributed by atoms with Crippen LogP contribution in [0, 0.1) is 23.3 Å². The molecule has 1 aromatic rings. The van der Waals surface area contributed by atoms with Crippen molar-refractivity contribution in [3.8, 4) is 0 Å². The number of nitrogens with zero attached hydrogens (tertiary/aromatic N) is 1. The van der Waals surface area contributed by atoms with E-state index >= 15 is 0 Å². The molecule has 2 rings (SSSR count). The molecule has 0 unspecified atom stereocenters. The van der Waals surface area contributed by atoms with Crippen LogP contribution in [0.5, 0.6) is 0 Å². The quantitative estimate of drug-likeness (QED) is 0.473. The molecule has 0 amide bonds. The summed E-state index contributed by atoms with van der Waals surface area (Å²) in [5, 5.41) is 0. The number of carbonyl (C=O) groups excluding carboxylic acids is 2. The topological polar surface area (TPSA) is 55.8 Å². The maximum Gasteiger partial charge on any atom is 0.355 e. The molecule has 0 saturated carbocycles. The number of benzene rings is 1. The summed E-state index contributed by atoms with van der Waals surface area (Å²) in [7, 11) is 1.98. The maximum atomic E-state index is 14.1. The first-order valence-corrected chi connectivity index (χ1v) is 6.71. The molecule has 0 saturated heterocycles. The van der Waals surface area contributed by atoms with Gasteiger partial charge in [-0.2, -0.15) is 0 Å². The largest absolute Gasteiger partial charge is 0.465 e. The number of rotatable bonds is 3. The monoisotopic (exact) mass is 357 g/mol. The predicted molar refractivity (Wildman–Crippen MR) is 78.1 cm³/mol. The molecular weight excluding hydrogens is 346 g/mol. The molecule has 1 heterocycles. The summed E-state index contributed by atoms with van der Waals surface area (Å²) >= 11 is 0. The molecule has 0 aromatic heterocycles. The van der Waals surface area contributed by atoms with Gasteiger partial charge in [0.05, 0.1) is 19.8 Å². The standard InChI is InChI=1S/C16H11F4NO4/c1-24-15(22)8-5-3-4-6-21(13(8)16(23)25-2)14-11(19)9(17)7-10(18)12(14)20/h3-7H,1-2H3. The first kappa shape index (κ1) is 18.2. The molecule has 0 spiro atoms. The Morgan fingerprint density at radius 2 is 1.48 bits per heavy atom. The molecule has 9 heteroatoms. The molecule has 0 radical (unpaired) electrons. The van der Waals surface area contributed by atoms with Gasteiger partial charge in [-0.25, -0.2) is 27.2 Å². The fraction of sp³-hybridized carbons (Fsp3) is 0.125. The van der Waals surface area contributed by atoms with Gasteiger partial charge in [0.25, 0.3) is 0 Å². The summed E-state index contributed by atoms with van der Waals surface area (Å²) in [6.07, 6.45) is 4.53. The molecule has 5 nitrogen and oxygen atoms in total. The highest BCUT2D eigenvalue weighted by molar-refractivity contribution is 6.05. The smallest absolute Gasteiger partial charge is 0.355 e. The van der Waals surface area contributed by atoms with E-state index in [4.69, 9.17) is 0 Å². The number of methoxy groups -OCH3 is 2. The van der Waals surface area contributed by atoms with Crippen molar-refractivity contribution in [1.82, 2.24) is 0 Å². The first-order valence-electron chi connectivity index (χ1n) is 6.71. The highest BCUT2D eigenvalue weighted by atomic mass is 19.2. The van der Waals surface area contributed by atoms with Crippen LogP contribution in [0.2, 0.25) is 0 Å². The van der Waals surface area contributed by atoms with Crippen LogP contribution in [0.4, 0.5) is 23.2 Å². The molecular formula is C16H11F4NO4. The number of hydrogen-bond acceptors (Lipinski definition) is 5. The third kappa shape index (κ3) is 3.25. The van der Waals surface area contributed by atoms with Gasteiger partial charge in [-0.1, -0.05) is 6.08 Å². The van der Waals surface area contributed by atoms with Crippen LogP contribution in [-0.4, -0.2) is 26.2 Å². The fourth-order valence-corrected chi connectivity index (χ4v) is 2.11. The Labute approximate surface area is 139 Å². The number of allylic oxidation sites excluding steroid dienone is 2. The summed E-state index contributed by atoms with van der Waals surface area (Å²) in [6, 6.07) is 0.0245. The van der Waals surface area contributed by atoms with Crippen molar-refractivity contribution in [1.29, 1.82) is 0 Å². The molecule has 25 heavy (non-hydrogen) atoms. The van der Waals surface area contributed by atoms with Crippen LogP contribution in [0.3, 0.4) is 0 Å². The Morgan fingerprint density at radius 1 is 0.920 bits per heavy atom. The van der Waals surface area contributed by atoms with Crippen LogP contribution in [0.25, 0.3) is 0 Å². The lowest BCUT2D eigenvalue weighted by Crippen LogP contribution is -2.28. The average molecular weight is 357 g/mol. The van der Waals surface area contributed by atoms with Gasteiger partial charge in [-0.3, -0.25) is 0 Å². The van der Waals surface area contributed by atoms with Gasteiger partial charge in [-0.05, 0) is 12.2 Å². The second-order valence-corrected chi connectivity index (χ2v) is 4.63. The van der Waals surface area contributed by atoms with Gasteiger partial charge in [0.15, 0.2) is 23.3 Å². The van der Waals surface area contributed by atoms with Crippen LogP contribution >= 0.6 is 0 Å². The Kier molecular flexibility index (Phi) is 5.26. The van der Waals surface area contributed by atoms with Crippen molar-refractivity contribution in [3.63, 3.8) is 0 Å². The van der Waals surface area contributed by atoms with Gasteiger partial charge >= 0.3 is 11.9 Å². The number of esters is 2. The number of ether oxygens (including phenoxy) is 2. The van der Waals surface area contributed by atoms with Crippen molar-refractivity contribution < 1.29 is 36.6 Å². The van der Waals surface area contributed by atoms with E-state index in [0.29, 0.717) is 4.90 Å². The highest BCUT2D eigenvalue weighted by Gasteiger charge is 2.32. The summed E-state index contributed by atoms with van der Waals surface area (Å²) in [6.45, 7) is 0. The van der Waals surface area contributed by atoms with Crippen molar-refractivity contribution in [2.24, 2.45) is 0 Å². The predicted octanol–water partition coefficient (Wildman–Crippen LogP) is 2.73. The van der Waals surface area contributed by atoms with E-state index in [2.05, 4.69) is 9.47 Å². The molecule has 0 aliphatic carbocycles. The summed E-state index contributed by atoms with van der Waals surface area (Å²) in [4.78, 5) is 24.5. The zero-order valence-electron chi connectivity index (χ0n) is 13.0. The van der Waals surface area contributed by atoms with Crippen LogP contribution < -0.4 is 4.90 Å². The Morgan fingerprint density at radius 3 is 2.00 bits per heavy atom. The minimum atomic E-state index is -1.75. The van der Waals surface area contributed by atoms with Gasteiger partial charge < -0.3 is 14.4 Å². The molecule has 1 aromatic carbocycles. The molecule has 0 N–H and O–H groups in total. The van der Waals surface area contributed by atoms with E-state index in [1.807, 2.05) is 0 Å². The maximum absolute atomic E-state index is 14.1. The summed E-state index contributed by atoms with van der Waals surface area (Å²) in [5.41, 5.74) is -2.33. The molecule has 1 aliphatic rings. The second-order valence-electron chi connectivity index (χ2n) is 4.63. The lowest BCUT2D eigenvalue weighted by molar-refractivity contribution is -0.139. The van der Waals surface area contributed by atoms with Gasteiger partial charge in [0, 0.05) is 12.3 Å². The zero-order valence-corrected chi connectivity index (χ0v) is 13.0. The van der Waals surface area contributed by atoms with Crippen molar-refractivity contribution in [3.05, 3.63) is 65.0 Å². The number of halogens is 4. The lowest BCUT2D eigenvalue weighted by Gasteiger charge is -2.24. The Balaban J connectivity index is 2.83. The summed E-state index contributed by atoms with van der Waals surface area (Å²) in [5.74, 6) is -9.07. The minimum absolute atomic E-state index is 0.0245. The third-order valence-corrected chi connectivity index (χ3v) is 3.22. The number of anilines is 1. The van der Waals surface area contributed by atoms with Gasteiger partial charge in [-0.15, -0.1) is 0 Å². The molecule has 0 atom stereocenters. The summed E-state index contributed by atoms with van der Waals surface area (Å²) < 4.78 is 64.4. The Hall–Kier alpha value is -3.10. The van der Waals surface area contributed by atoms with Crippen molar-refractivity contribution >= 4 is 17.6 Å². The zero-order chi connectivity index (χ0) is 18.7. The molecule has 132 valence electrons. The first-order chi connectivity index (χ1) is 11.8. The molecule has 0 fully saturated rings. The minimum Gasteiger partial charge on any atom is -0.465 e. The second kappa shape index (κ2) is 7.20. The van der Waals surface area contributed by atoms with Gasteiger partial charge in [0.2, 0.25) is 0 Å². The van der Waals surface area contributed by atoms with E-state index in [1.165, 1.54) is 12.2 Å². The van der Waals surface area contributed by atoms with Crippen molar-refractivity contribution in [2.75, 3.05) is 19.1 Å². The molecule has 1 aliphatic heterocycles. The SMILES string of the molecule is COC(=O)C1=C(C(=O)OC)N(c2c(F)c(F)cc(F)c2F)C=CC=C1. The molecule has 0 bridgehead atoms.